The molecule has 19 heavy (non-hydrogen) atoms. The van der Waals surface area contributed by atoms with Gasteiger partial charge < -0.3 is 10.8 Å². The van der Waals surface area contributed by atoms with E-state index in [1.54, 1.807) is 0 Å². The molecule has 0 aliphatic heterocycles. The number of hydrogen-bond acceptors (Lipinski definition) is 2. The Labute approximate surface area is 112 Å². The lowest BCUT2D eigenvalue weighted by molar-refractivity contribution is -0.140. The van der Waals surface area contributed by atoms with E-state index in [-0.39, 0.29) is 12.3 Å². The molecular formula is C15H19NO3. The van der Waals surface area contributed by atoms with E-state index in [1.165, 1.54) is 11.1 Å². The van der Waals surface area contributed by atoms with Gasteiger partial charge in [-0.15, -0.1) is 0 Å². The Morgan fingerprint density at radius 3 is 2.79 bits per heavy atom. The minimum atomic E-state index is -0.965. The Morgan fingerprint density at radius 2 is 2.11 bits per heavy atom. The number of amides is 1. The summed E-state index contributed by atoms with van der Waals surface area (Å²) >= 11 is 0. The fourth-order valence-corrected chi connectivity index (χ4v) is 2.95. The first kappa shape index (κ1) is 13.6. The number of carbonyl (C=O) groups is 2. The normalized spacial score (nSPS) is 19.5. The molecule has 1 aliphatic rings. The van der Waals surface area contributed by atoms with Crippen molar-refractivity contribution < 1.29 is 14.7 Å². The van der Waals surface area contributed by atoms with Gasteiger partial charge in [0.1, 0.15) is 0 Å². The van der Waals surface area contributed by atoms with Crippen molar-refractivity contribution in [3.63, 3.8) is 0 Å². The van der Waals surface area contributed by atoms with E-state index >= 15 is 0 Å². The monoisotopic (exact) mass is 261 g/mol. The quantitative estimate of drug-likeness (QED) is 0.851. The first-order valence-corrected chi connectivity index (χ1v) is 6.67. The Kier molecular flexibility index (Phi) is 4.20. The van der Waals surface area contributed by atoms with Gasteiger partial charge >= 0.3 is 5.97 Å². The van der Waals surface area contributed by atoms with Crippen LogP contribution in [0.4, 0.5) is 0 Å². The van der Waals surface area contributed by atoms with Crippen molar-refractivity contribution in [2.45, 2.75) is 38.0 Å². The summed E-state index contributed by atoms with van der Waals surface area (Å²) in [5.41, 5.74) is 7.89. The molecule has 1 amide bonds. The number of hydrogen-bond donors (Lipinski definition) is 2. The zero-order valence-corrected chi connectivity index (χ0v) is 10.8. The number of carbonyl (C=O) groups excluding carboxylic acids is 1. The lowest BCUT2D eigenvalue weighted by Gasteiger charge is -2.27. The van der Waals surface area contributed by atoms with Crippen LogP contribution in [0, 0.1) is 5.92 Å². The molecule has 0 spiro atoms. The van der Waals surface area contributed by atoms with Crippen molar-refractivity contribution in [1.29, 1.82) is 0 Å². The average molecular weight is 261 g/mol. The van der Waals surface area contributed by atoms with Crippen LogP contribution in [0.1, 0.15) is 42.7 Å². The second-order valence-corrected chi connectivity index (χ2v) is 5.22. The molecule has 2 unspecified atom stereocenters. The number of fused-ring (bicyclic) bond motifs is 1. The predicted molar refractivity (Wildman–Crippen MR) is 71.7 cm³/mol. The van der Waals surface area contributed by atoms with Gasteiger partial charge in [0.2, 0.25) is 5.91 Å². The third-order valence-corrected chi connectivity index (χ3v) is 3.89. The minimum Gasteiger partial charge on any atom is -0.481 e. The minimum absolute atomic E-state index is 0.173. The highest BCUT2D eigenvalue weighted by molar-refractivity contribution is 5.81. The van der Waals surface area contributed by atoms with E-state index in [1.807, 2.05) is 12.1 Å². The number of benzene rings is 1. The molecule has 4 heteroatoms. The van der Waals surface area contributed by atoms with Crippen LogP contribution >= 0.6 is 0 Å². The summed E-state index contributed by atoms with van der Waals surface area (Å²) < 4.78 is 0. The number of aliphatic carboxylic acids is 1. The molecule has 102 valence electrons. The van der Waals surface area contributed by atoms with E-state index < -0.39 is 17.8 Å². The highest BCUT2D eigenvalue weighted by atomic mass is 16.4. The topological polar surface area (TPSA) is 80.4 Å². The number of carboxylic acid groups (broad SMARTS) is 1. The lowest BCUT2D eigenvalue weighted by Crippen LogP contribution is -2.28. The van der Waals surface area contributed by atoms with Gasteiger partial charge in [0.25, 0.3) is 0 Å². The molecule has 1 aliphatic carbocycles. The molecule has 1 aromatic carbocycles. The highest BCUT2D eigenvalue weighted by Crippen LogP contribution is 2.36. The van der Waals surface area contributed by atoms with Gasteiger partial charge in [-0.2, -0.15) is 0 Å². The first-order chi connectivity index (χ1) is 9.08. The summed E-state index contributed by atoms with van der Waals surface area (Å²) in [7, 11) is 0. The second-order valence-electron chi connectivity index (χ2n) is 5.22. The third kappa shape index (κ3) is 3.34. The number of nitrogens with two attached hydrogens (primary N) is 1. The molecule has 2 rings (SSSR count). The van der Waals surface area contributed by atoms with Crippen LogP contribution in [0.15, 0.2) is 24.3 Å². The molecule has 0 heterocycles. The van der Waals surface area contributed by atoms with Gasteiger partial charge in [0.05, 0.1) is 6.42 Å². The largest absolute Gasteiger partial charge is 0.481 e. The Hall–Kier alpha value is -1.84. The average Bonchev–Trinajstić information content (AvgIpc) is 2.37. The fourth-order valence-electron chi connectivity index (χ4n) is 2.95. The molecule has 1 aromatic rings. The van der Waals surface area contributed by atoms with Crippen LogP contribution in [-0.2, 0) is 16.0 Å². The molecular weight excluding hydrogens is 242 g/mol. The van der Waals surface area contributed by atoms with E-state index in [0.717, 1.165) is 19.3 Å². The Bertz CT molecular complexity index is 484. The highest BCUT2D eigenvalue weighted by Gasteiger charge is 2.27. The van der Waals surface area contributed by atoms with Crippen LogP contribution in [0.5, 0.6) is 0 Å². The van der Waals surface area contributed by atoms with Crippen molar-refractivity contribution >= 4 is 11.9 Å². The van der Waals surface area contributed by atoms with Crippen molar-refractivity contribution in [2.75, 3.05) is 0 Å². The summed E-state index contributed by atoms with van der Waals surface area (Å²) in [5, 5.41) is 8.85. The molecule has 4 nitrogen and oxygen atoms in total. The standard InChI is InChI=1S/C15H19NO3/c16-15(19)12(9-14(17)18)8-11-6-3-5-10-4-1-2-7-13(10)11/h1-2,4,7,11-12H,3,5-6,8-9H2,(H2,16,19)(H,17,18). The molecule has 0 aromatic heterocycles. The van der Waals surface area contributed by atoms with Crippen molar-refractivity contribution in [3.05, 3.63) is 35.4 Å². The maximum Gasteiger partial charge on any atom is 0.304 e. The third-order valence-electron chi connectivity index (χ3n) is 3.89. The molecule has 0 radical (unpaired) electrons. The number of rotatable bonds is 5. The van der Waals surface area contributed by atoms with Gasteiger partial charge in [-0.1, -0.05) is 24.3 Å². The Balaban J connectivity index is 2.14. The maximum atomic E-state index is 11.4. The van der Waals surface area contributed by atoms with Crippen LogP contribution in [0.3, 0.4) is 0 Å². The van der Waals surface area contributed by atoms with Gasteiger partial charge in [-0.05, 0) is 42.7 Å². The second kappa shape index (κ2) is 5.87. The molecule has 0 bridgehead atoms. The smallest absolute Gasteiger partial charge is 0.304 e. The zero-order valence-electron chi connectivity index (χ0n) is 10.8. The van der Waals surface area contributed by atoms with Crippen LogP contribution in [0.25, 0.3) is 0 Å². The van der Waals surface area contributed by atoms with Crippen molar-refractivity contribution in [1.82, 2.24) is 0 Å². The number of primary amides is 1. The van der Waals surface area contributed by atoms with E-state index in [0.29, 0.717) is 6.42 Å². The number of aryl methyl sites for hydroxylation is 1. The maximum absolute atomic E-state index is 11.4. The van der Waals surface area contributed by atoms with Crippen LogP contribution in [0.2, 0.25) is 0 Å². The molecule has 0 saturated carbocycles. The van der Waals surface area contributed by atoms with Gasteiger partial charge in [0, 0.05) is 5.92 Å². The van der Waals surface area contributed by atoms with E-state index in [4.69, 9.17) is 10.8 Å². The van der Waals surface area contributed by atoms with Crippen molar-refractivity contribution in [3.8, 4) is 0 Å². The Morgan fingerprint density at radius 1 is 1.37 bits per heavy atom. The van der Waals surface area contributed by atoms with Gasteiger partial charge in [-0.25, -0.2) is 0 Å². The van der Waals surface area contributed by atoms with Crippen LogP contribution < -0.4 is 5.73 Å². The molecule has 0 fully saturated rings. The summed E-state index contributed by atoms with van der Waals surface area (Å²) in [5.74, 6) is -1.80. The molecule has 2 atom stereocenters. The predicted octanol–water partition coefficient (Wildman–Crippen LogP) is 2.07. The fraction of sp³-hybridized carbons (Fsp3) is 0.467. The summed E-state index contributed by atoms with van der Waals surface area (Å²) in [6.45, 7) is 0. The molecule has 0 saturated heterocycles. The lowest BCUT2D eigenvalue weighted by atomic mass is 9.77. The SMILES string of the molecule is NC(=O)C(CC(=O)O)CC1CCCc2ccccc21. The van der Waals surface area contributed by atoms with Crippen LogP contribution in [-0.4, -0.2) is 17.0 Å². The van der Waals surface area contributed by atoms with E-state index in [9.17, 15) is 9.59 Å². The molecule has 3 N–H and O–H groups in total. The zero-order chi connectivity index (χ0) is 13.8. The number of carboxylic acids is 1. The summed E-state index contributed by atoms with van der Waals surface area (Å²) in [6.07, 6.45) is 3.51. The van der Waals surface area contributed by atoms with E-state index in [2.05, 4.69) is 12.1 Å². The van der Waals surface area contributed by atoms with Gasteiger partial charge in [-0.3, -0.25) is 9.59 Å². The first-order valence-electron chi connectivity index (χ1n) is 6.67. The summed E-state index contributed by atoms with van der Waals surface area (Å²) in [6, 6.07) is 8.20. The summed E-state index contributed by atoms with van der Waals surface area (Å²) in [4.78, 5) is 22.2. The van der Waals surface area contributed by atoms with Crippen molar-refractivity contribution in [2.24, 2.45) is 11.7 Å². The van der Waals surface area contributed by atoms with Gasteiger partial charge in [0.15, 0.2) is 0 Å².